The van der Waals surface area contributed by atoms with Gasteiger partial charge in [0.15, 0.2) is 16.7 Å². The van der Waals surface area contributed by atoms with Gasteiger partial charge in [-0.05, 0) is 38.0 Å². The minimum atomic E-state index is -0.476. The number of carbonyl (C=O) groups is 2. The molecule has 1 aliphatic rings. The lowest BCUT2D eigenvalue weighted by Gasteiger charge is -2.19. The van der Waals surface area contributed by atoms with Crippen molar-refractivity contribution in [1.29, 1.82) is 0 Å². The maximum Gasteiger partial charge on any atom is 0.321 e. The van der Waals surface area contributed by atoms with Crippen molar-refractivity contribution in [2.45, 2.75) is 44.6 Å². The zero-order valence-corrected chi connectivity index (χ0v) is 18.5. The summed E-state index contributed by atoms with van der Waals surface area (Å²) in [4.78, 5) is 28.7. The average Bonchev–Trinajstić information content (AvgIpc) is 3.14. The van der Waals surface area contributed by atoms with Crippen molar-refractivity contribution in [3.05, 3.63) is 24.4 Å². The van der Waals surface area contributed by atoms with Gasteiger partial charge < -0.3 is 19.4 Å². The number of imide groups is 1. The summed E-state index contributed by atoms with van der Waals surface area (Å²) in [6, 6.07) is 5.34. The smallest absolute Gasteiger partial charge is 0.321 e. The van der Waals surface area contributed by atoms with E-state index < -0.39 is 11.3 Å². The Kier molecular flexibility index (Phi) is 7.25. The highest BCUT2D eigenvalue weighted by molar-refractivity contribution is 8.00. The molecule has 30 heavy (non-hydrogen) atoms. The zero-order chi connectivity index (χ0) is 21.7. The van der Waals surface area contributed by atoms with Gasteiger partial charge in [0.2, 0.25) is 5.91 Å². The van der Waals surface area contributed by atoms with Gasteiger partial charge >= 0.3 is 6.03 Å². The second kappa shape index (κ2) is 9.88. The Hall–Kier alpha value is -2.68. The van der Waals surface area contributed by atoms with Crippen molar-refractivity contribution < 1.29 is 19.1 Å². The van der Waals surface area contributed by atoms with Crippen LogP contribution in [0.25, 0.3) is 11.3 Å². The van der Waals surface area contributed by atoms with Crippen LogP contribution in [0, 0.1) is 5.92 Å². The predicted octanol–water partition coefficient (Wildman–Crippen LogP) is 3.30. The Bertz CT molecular complexity index is 912. The molecule has 162 valence electrons. The fraction of sp³-hybridized carbons (Fsp3) is 0.476. The van der Waals surface area contributed by atoms with E-state index in [2.05, 4.69) is 15.6 Å². The number of amides is 3. The van der Waals surface area contributed by atoms with Gasteiger partial charge in [-0.1, -0.05) is 25.6 Å². The highest BCUT2D eigenvalue weighted by atomic mass is 32.2. The predicted molar refractivity (Wildman–Crippen MR) is 116 cm³/mol. The number of urea groups is 1. The van der Waals surface area contributed by atoms with Crippen LogP contribution in [0.2, 0.25) is 0 Å². The van der Waals surface area contributed by atoms with E-state index in [4.69, 9.17) is 9.47 Å². The van der Waals surface area contributed by atoms with Crippen LogP contribution in [-0.2, 0) is 11.3 Å². The molecule has 1 unspecified atom stereocenters. The molecule has 0 radical (unpaired) electrons. The van der Waals surface area contributed by atoms with E-state index in [1.165, 1.54) is 11.8 Å². The molecule has 0 saturated carbocycles. The SMILES string of the molecule is CCn1c(-c2ccc3c(c2)OCCO3)cnc1SC(C)C(=O)NC(=O)NCC(C)C. The van der Waals surface area contributed by atoms with Gasteiger partial charge in [-0.3, -0.25) is 10.1 Å². The normalized spacial score (nSPS) is 13.8. The van der Waals surface area contributed by atoms with Crippen LogP contribution >= 0.6 is 11.8 Å². The number of rotatable bonds is 7. The lowest BCUT2D eigenvalue weighted by atomic mass is 10.1. The number of nitrogens with zero attached hydrogens (tertiary/aromatic N) is 2. The molecule has 8 nitrogen and oxygen atoms in total. The largest absolute Gasteiger partial charge is 0.486 e. The van der Waals surface area contributed by atoms with Crippen LogP contribution in [0.4, 0.5) is 4.79 Å². The van der Waals surface area contributed by atoms with E-state index in [9.17, 15) is 9.59 Å². The van der Waals surface area contributed by atoms with Crippen LogP contribution in [0.3, 0.4) is 0 Å². The molecule has 0 aliphatic carbocycles. The number of fused-ring (bicyclic) bond motifs is 1. The monoisotopic (exact) mass is 432 g/mol. The Morgan fingerprint density at radius 2 is 1.93 bits per heavy atom. The maximum atomic E-state index is 12.4. The number of hydrogen-bond acceptors (Lipinski definition) is 6. The van der Waals surface area contributed by atoms with Crippen LogP contribution < -0.4 is 20.1 Å². The highest BCUT2D eigenvalue weighted by Crippen LogP contribution is 2.36. The molecule has 1 atom stereocenters. The molecule has 1 aromatic carbocycles. The highest BCUT2D eigenvalue weighted by Gasteiger charge is 2.21. The van der Waals surface area contributed by atoms with Crippen molar-refractivity contribution in [2.24, 2.45) is 5.92 Å². The first-order valence-corrected chi connectivity index (χ1v) is 11.0. The molecule has 1 aliphatic heterocycles. The van der Waals surface area contributed by atoms with Crippen LogP contribution in [0.5, 0.6) is 11.5 Å². The average molecular weight is 433 g/mol. The van der Waals surface area contributed by atoms with Crippen molar-refractivity contribution in [2.75, 3.05) is 19.8 Å². The molecule has 3 rings (SSSR count). The Morgan fingerprint density at radius 3 is 2.63 bits per heavy atom. The molecule has 0 saturated heterocycles. The van der Waals surface area contributed by atoms with Crippen molar-refractivity contribution >= 4 is 23.7 Å². The van der Waals surface area contributed by atoms with E-state index >= 15 is 0 Å². The summed E-state index contributed by atoms with van der Waals surface area (Å²) in [7, 11) is 0. The summed E-state index contributed by atoms with van der Waals surface area (Å²) in [5.41, 5.74) is 1.89. The summed E-state index contributed by atoms with van der Waals surface area (Å²) in [6.45, 7) is 10.0. The number of thioether (sulfide) groups is 1. The summed E-state index contributed by atoms with van der Waals surface area (Å²) in [6.07, 6.45) is 1.79. The first-order valence-electron chi connectivity index (χ1n) is 10.1. The molecule has 0 spiro atoms. The Balaban J connectivity index is 1.69. The van der Waals surface area contributed by atoms with Crippen LogP contribution in [0.1, 0.15) is 27.7 Å². The molecule has 0 bridgehead atoms. The van der Waals surface area contributed by atoms with E-state index in [-0.39, 0.29) is 5.91 Å². The number of aromatic nitrogens is 2. The van der Waals surface area contributed by atoms with Gasteiger partial charge in [0.25, 0.3) is 0 Å². The van der Waals surface area contributed by atoms with Gasteiger partial charge in [-0.25, -0.2) is 9.78 Å². The van der Waals surface area contributed by atoms with E-state index in [0.29, 0.717) is 37.4 Å². The Morgan fingerprint density at radius 1 is 1.20 bits per heavy atom. The first-order chi connectivity index (χ1) is 14.4. The molecular weight excluding hydrogens is 404 g/mol. The number of hydrogen-bond donors (Lipinski definition) is 2. The number of imidazole rings is 1. The van der Waals surface area contributed by atoms with Gasteiger partial charge in [-0.15, -0.1) is 0 Å². The van der Waals surface area contributed by atoms with Gasteiger partial charge in [0.1, 0.15) is 13.2 Å². The molecule has 1 aromatic heterocycles. The van der Waals surface area contributed by atoms with Crippen molar-refractivity contribution in [3.63, 3.8) is 0 Å². The molecule has 2 heterocycles. The van der Waals surface area contributed by atoms with E-state index in [0.717, 1.165) is 22.8 Å². The second-order valence-corrected chi connectivity index (χ2v) is 8.69. The number of nitrogens with one attached hydrogen (secondary N) is 2. The molecule has 3 amide bonds. The zero-order valence-electron chi connectivity index (χ0n) is 17.7. The van der Waals surface area contributed by atoms with Gasteiger partial charge in [0, 0.05) is 18.7 Å². The fourth-order valence-corrected chi connectivity index (χ4v) is 3.91. The third kappa shape index (κ3) is 5.27. The number of carbonyl (C=O) groups excluding carboxylic acids is 2. The summed E-state index contributed by atoms with van der Waals surface area (Å²) >= 11 is 1.32. The van der Waals surface area contributed by atoms with Crippen molar-refractivity contribution in [3.8, 4) is 22.8 Å². The summed E-state index contributed by atoms with van der Waals surface area (Å²) in [5.74, 6) is 1.42. The third-order valence-corrected chi connectivity index (χ3v) is 5.64. The fourth-order valence-electron chi connectivity index (χ4n) is 2.96. The van der Waals surface area contributed by atoms with E-state index in [1.54, 1.807) is 13.1 Å². The molecule has 9 heteroatoms. The summed E-state index contributed by atoms with van der Waals surface area (Å²) < 4.78 is 13.3. The molecule has 2 aromatic rings. The van der Waals surface area contributed by atoms with Crippen LogP contribution in [0.15, 0.2) is 29.6 Å². The second-order valence-electron chi connectivity index (χ2n) is 7.38. The molecule has 2 N–H and O–H groups in total. The molecular formula is C21H28N4O4S. The standard InChI is InChI=1S/C21H28N4O4S/c1-5-25-16(15-6-7-17-18(10-15)29-9-8-28-17)12-23-21(25)30-14(4)19(26)24-20(27)22-11-13(2)3/h6-7,10,12-14H,5,8-9,11H2,1-4H3,(H2,22,24,26,27). The van der Waals surface area contributed by atoms with E-state index in [1.807, 2.05) is 43.5 Å². The minimum absolute atomic E-state index is 0.314. The molecule has 0 fully saturated rings. The summed E-state index contributed by atoms with van der Waals surface area (Å²) in [5, 5.41) is 5.31. The van der Waals surface area contributed by atoms with Gasteiger partial charge in [0.05, 0.1) is 17.1 Å². The lowest BCUT2D eigenvalue weighted by molar-refractivity contribution is -0.119. The minimum Gasteiger partial charge on any atom is -0.486 e. The third-order valence-electron chi connectivity index (χ3n) is 4.53. The quantitative estimate of drug-likeness (QED) is 0.652. The lowest BCUT2D eigenvalue weighted by Crippen LogP contribution is -2.43. The topological polar surface area (TPSA) is 94.5 Å². The number of benzene rings is 1. The first kappa shape index (κ1) is 22.0. The van der Waals surface area contributed by atoms with Crippen molar-refractivity contribution in [1.82, 2.24) is 20.2 Å². The van der Waals surface area contributed by atoms with Gasteiger partial charge in [-0.2, -0.15) is 0 Å². The maximum absolute atomic E-state index is 12.4. The van der Waals surface area contributed by atoms with Crippen LogP contribution in [-0.4, -0.2) is 46.5 Å². The number of ether oxygens (including phenoxy) is 2. The Labute approximate surface area is 180 Å².